The van der Waals surface area contributed by atoms with Gasteiger partial charge in [-0.1, -0.05) is 37.5 Å². The van der Waals surface area contributed by atoms with Gasteiger partial charge in [-0.2, -0.15) is 0 Å². The van der Waals surface area contributed by atoms with Gasteiger partial charge in [-0.05, 0) is 42.7 Å². The predicted molar refractivity (Wildman–Crippen MR) is 115 cm³/mol. The Bertz CT molecular complexity index is 944. The molecule has 2 fully saturated rings. The number of imide groups is 1. The molecule has 0 bridgehead atoms. The third kappa shape index (κ3) is 4.48. The standard InChI is InChI=1S/C22H24N4O3S/c27-18(14-26-20(28)22(25-21(26)29)10-3-1-4-11-22)24-17-8-6-7-16(13-17)15-30-19-9-2-5-12-23-19/h2,5-9,12-13H,1,3-4,10-11,14-15H2,(H,24,27)(H,25,29). The number of carbonyl (C=O) groups is 3. The van der Waals surface area contributed by atoms with E-state index < -0.39 is 11.6 Å². The van der Waals surface area contributed by atoms with Gasteiger partial charge in [-0.25, -0.2) is 9.78 Å². The first kappa shape index (κ1) is 20.4. The van der Waals surface area contributed by atoms with E-state index in [0.29, 0.717) is 18.5 Å². The van der Waals surface area contributed by atoms with Crippen LogP contribution >= 0.6 is 11.8 Å². The Morgan fingerprint density at radius 3 is 2.73 bits per heavy atom. The molecule has 7 nitrogen and oxygen atoms in total. The third-order valence-corrected chi connectivity index (χ3v) is 6.50. The second kappa shape index (κ2) is 8.87. The monoisotopic (exact) mass is 424 g/mol. The van der Waals surface area contributed by atoms with Gasteiger partial charge in [0.1, 0.15) is 12.1 Å². The summed E-state index contributed by atoms with van der Waals surface area (Å²) in [4.78, 5) is 43.0. The molecule has 2 aliphatic rings. The van der Waals surface area contributed by atoms with E-state index >= 15 is 0 Å². The van der Waals surface area contributed by atoms with Crippen LogP contribution in [0.3, 0.4) is 0 Å². The molecule has 1 aromatic carbocycles. The molecular weight excluding hydrogens is 400 g/mol. The van der Waals surface area contributed by atoms with Crippen molar-refractivity contribution in [1.82, 2.24) is 15.2 Å². The molecule has 0 atom stereocenters. The molecule has 1 aromatic heterocycles. The Kier molecular flexibility index (Phi) is 6.03. The quantitative estimate of drug-likeness (QED) is 0.546. The lowest BCUT2D eigenvalue weighted by atomic mass is 9.82. The number of pyridine rings is 1. The molecule has 1 saturated carbocycles. The molecule has 0 radical (unpaired) electrons. The largest absolute Gasteiger partial charge is 0.325 e. The van der Waals surface area contributed by atoms with Crippen molar-refractivity contribution in [2.75, 3.05) is 11.9 Å². The number of aromatic nitrogens is 1. The summed E-state index contributed by atoms with van der Waals surface area (Å²) in [6.45, 7) is -0.278. The summed E-state index contributed by atoms with van der Waals surface area (Å²) in [7, 11) is 0. The van der Waals surface area contributed by atoms with E-state index in [0.717, 1.165) is 40.5 Å². The smallest absolute Gasteiger partial charge is 0.325 e. The SMILES string of the molecule is O=C(CN1C(=O)NC2(CCCCC2)C1=O)Nc1cccc(CSc2ccccn2)c1. The van der Waals surface area contributed by atoms with Crippen molar-refractivity contribution >= 4 is 35.3 Å². The van der Waals surface area contributed by atoms with E-state index in [9.17, 15) is 14.4 Å². The highest BCUT2D eigenvalue weighted by atomic mass is 32.2. The van der Waals surface area contributed by atoms with E-state index in [1.54, 1.807) is 24.0 Å². The highest BCUT2D eigenvalue weighted by molar-refractivity contribution is 7.98. The number of urea groups is 1. The molecular formula is C22H24N4O3S. The fourth-order valence-corrected chi connectivity index (χ4v) is 4.79. The summed E-state index contributed by atoms with van der Waals surface area (Å²) in [5.41, 5.74) is 0.872. The van der Waals surface area contributed by atoms with Gasteiger partial charge in [-0.3, -0.25) is 14.5 Å². The van der Waals surface area contributed by atoms with Crippen LogP contribution in [-0.2, 0) is 15.3 Å². The second-order valence-electron chi connectivity index (χ2n) is 7.67. The Labute approximate surface area is 179 Å². The maximum Gasteiger partial charge on any atom is 0.325 e. The maximum atomic E-state index is 12.8. The van der Waals surface area contributed by atoms with Crippen molar-refractivity contribution in [3.05, 3.63) is 54.2 Å². The minimum atomic E-state index is -0.807. The van der Waals surface area contributed by atoms with Crippen LogP contribution in [0.5, 0.6) is 0 Å². The zero-order valence-electron chi connectivity index (χ0n) is 16.6. The number of amides is 4. The van der Waals surface area contributed by atoms with E-state index in [1.807, 2.05) is 36.4 Å². The van der Waals surface area contributed by atoms with Crippen LogP contribution in [0.25, 0.3) is 0 Å². The zero-order chi connectivity index (χ0) is 21.0. The molecule has 156 valence electrons. The fraction of sp³-hybridized carbons (Fsp3) is 0.364. The summed E-state index contributed by atoms with van der Waals surface area (Å²) in [5, 5.41) is 6.56. The molecule has 1 aliphatic heterocycles. The van der Waals surface area contributed by atoms with Gasteiger partial charge in [0.25, 0.3) is 5.91 Å². The summed E-state index contributed by atoms with van der Waals surface area (Å²) in [6, 6.07) is 12.8. The molecule has 1 aliphatic carbocycles. The van der Waals surface area contributed by atoms with Crippen molar-refractivity contribution in [3.63, 3.8) is 0 Å². The Balaban J connectivity index is 1.35. The molecule has 30 heavy (non-hydrogen) atoms. The number of anilines is 1. The number of rotatable bonds is 6. The molecule has 1 spiro atoms. The lowest BCUT2D eigenvalue weighted by molar-refractivity contribution is -0.134. The number of benzene rings is 1. The normalized spacial score (nSPS) is 17.8. The molecule has 8 heteroatoms. The lowest BCUT2D eigenvalue weighted by Crippen LogP contribution is -2.48. The predicted octanol–water partition coefficient (Wildman–Crippen LogP) is 3.57. The van der Waals surface area contributed by atoms with Gasteiger partial charge in [0.15, 0.2) is 0 Å². The van der Waals surface area contributed by atoms with Gasteiger partial charge in [0.2, 0.25) is 5.91 Å². The molecule has 4 amide bonds. The van der Waals surface area contributed by atoms with Crippen LogP contribution in [0.15, 0.2) is 53.7 Å². The number of carbonyl (C=O) groups excluding carboxylic acids is 3. The first-order valence-corrected chi connectivity index (χ1v) is 11.1. The second-order valence-corrected chi connectivity index (χ2v) is 8.67. The minimum absolute atomic E-state index is 0.275. The van der Waals surface area contributed by atoms with Gasteiger partial charge < -0.3 is 10.6 Å². The van der Waals surface area contributed by atoms with E-state index in [2.05, 4.69) is 15.6 Å². The van der Waals surface area contributed by atoms with Crippen molar-refractivity contribution in [2.45, 2.75) is 48.4 Å². The van der Waals surface area contributed by atoms with Crippen molar-refractivity contribution < 1.29 is 14.4 Å². The van der Waals surface area contributed by atoms with Crippen molar-refractivity contribution in [2.24, 2.45) is 0 Å². The molecule has 4 rings (SSSR count). The molecule has 2 heterocycles. The van der Waals surface area contributed by atoms with Gasteiger partial charge in [0, 0.05) is 17.6 Å². The summed E-state index contributed by atoms with van der Waals surface area (Å²) in [5.74, 6) is 0.0553. The first-order valence-electron chi connectivity index (χ1n) is 10.1. The summed E-state index contributed by atoms with van der Waals surface area (Å²) in [6.07, 6.45) is 5.94. The number of thioether (sulfide) groups is 1. The van der Waals surface area contributed by atoms with E-state index in [1.165, 1.54) is 0 Å². The lowest BCUT2D eigenvalue weighted by Gasteiger charge is -2.30. The molecule has 2 N–H and O–H groups in total. The Morgan fingerprint density at radius 1 is 1.13 bits per heavy atom. The highest BCUT2D eigenvalue weighted by Crippen LogP contribution is 2.33. The number of nitrogens with zero attached hydrogens (tertiary/aromatic N) is 2. The Hall–Kier alpha value is -2.87. The maximum absolute atomic E-state index is 12.8. The van der Waals surface area contributed by atoms with Crippen LogP contribution < -0.4 is 10.6 Å². The van der Waals surface area contributed by atoms with Crippen LogP contribution in [-0.4, -0.2) is 39.8 Å². The summed E-state index contributed by atoms with van der Waals surface area (Å²) >= 11 is 1.61. The number of nitrogens with one attached hydrogen (secondary N) is 2. The van der Waals surface area contributed by atoms with Gasteiger partial charge >= 0.3 is 6.03 Å². The van der Waals surface area contributed by atoms with Gasteiger partial charge in [-0.15, -0.1) is 11.8 Å². The highest BCUT2D eigenvalue weighted by Gasteiger charge is 2.51. The van der Waals surface area contributed by atoms with Crippen molar-refractivity contribution in [3.8, 4) is 0 Å². The topological polar surface area (TPSA) is 91.4 Å². The fourth-order valence-electron chi connectivity index (χ4n) is 3.99. The van der Waals surface area contributed by atoms with E-state index in [-0.39, 0.29) is 18.4 Å². The summed E-state index contributed by atoms with van der Waals surface area (Å²) < 4.78 is 0. The average molecular weight is 425 g/mol. The van der Waals surface area contributed by atoms with E-state index in [4.69, 9.17) is 0 Å². The van der Waals surface area contributed by atoms with Crippen molar-refractivity contribution in [1.29, 1.82) is 0 Å². The zero-order valence-corrected chi connectivity index (χ0v) is 17.4. The third-order valence-electron chi connectivity index (χ3n) is 5.49. The number of hydrogen-bond acceptors (Lipinski definition) is 5. The molecule has 2 aromatic rings. The first-order chi connectivity index (χ1) is 14.6. The van der Waals surface area contributed by atoms with Crippen LogP contribution in [0, 0.1) is 0 Å². The molecule has 1 saturated heterocycles. The van der Waals surface area contributed by atoms with Crippen LogP contribution in [0.1, 0.15) is 37.7 Å². The number of hydrogen-bond donors (Lipinski definition) is 2. The average Bonchev–Trinajstić information content (AvgIpc) is 2.97. The molecule has 0 unspecified atom stereocenters. The van der Waals surface area contributed by atoms with Gasteiger partial charge in [0.05, 0.1) is 5.03 Å². The Morgan fingerprint density at radius 2 is 1.97 bits per heavy atom. The van der Waals surface area contributed by atoms with Crippen LogP contribution in [0.4, 0.5) is 10.5 Å². The minimum Gasteiger partial charge on any atom is -0.325 e. The van der Waals surface area contributed by atoms with Crippen LogP contribution in [0.2, 0.25) is 0 Å².